The Hall–Kier alpha value is -2.18. The molecule has 0 N–H and O–H groups in total. The van der Waals surface area contributed by atoms with Crippen LogP contribution in [0, 0.1) is 13.8 Å². The zero-order valence-electron chi connectivity index (χ0n) is 17.1. The van der Waals surface area contributed by atoms with Gasteiger partial charge >= 0.3 is 0 Å². The van der Waals surface area contributed by atoms with E-state index in [-0.39, 0.29) is 5.91 Å². The average molecular weight is 413 g/mol. The van der Waals surface area contributed by atoms with Crippen LogP contribution in [0.3, 0.4) is 0 Å². The fraction of sp³-hybridized carbons (Fsp3) is 0.435. The van der Waals surface area contributed by atoms with E-state index in [4.69, 9.17) is 9.47 Å². The molecule has 0 radical (unpaired) electrons. The van der Waals surface area contributed by atoms with Crippen LogP contribution in [0.25, 0.3) is 0 Å². The van der Waals surface area contributed by atoms with Gasteiger partial charge in [-0.15, -0.1) is 11.8 Å². The summed E-state index contributed by atoms with van der Waals surface area (Å²) in [5.74, 6) is 3.34. The molecular formula is C23H28N2O3S. The Morgan fingerprint density at radius 1 is 0.931 bits per heavy atom. The topological polar surface area (TPSA) is 42.0 Å². The number of nitrogens with zero attached hydrogens (tertiary/aromatic N) is 2. The van der Waals surface area contributed by atoms with Crippen molar-refractivity contribution in [2.45, 2.75) is 26.1 Å². The molecule has 1 amide bonds. The standard InChI is InChI=1S/C23H28N2O3S/c1-17-9-18(2)11-20(10-17)14-29-15-23(26)25-7-5-24(6-8-25)13-19-3-4-21-22(12-19)28-16-27-21/h3-4,9-12H,5-8,13-16H2,1-2H3. The third-order valence-electron chi connectivity index (χ3n) is 5.34. The molecule has 2 aliphatic heterocycles. The predicted octanol–water partition coefficient (Wildman–Crippen LogP) is 3.61. The Kier molecular flexibility index (Phi) is 6.31. The van der Waals surface area contributed by atoms with Crippen LogP contribution in [-0.4, -0.2) is 54.4 Å². The fourth-order valence-electron chi connectivity index (χ4n) is 3.95. The number of carbonyl (C=O) groups excluding carboxylic acids is 1. The lowest BCUT2D eigenvalue weighted by Crippen LogP contribution is -2.48. The number of benzene rings is 2. The first-order valence-electron chi connectivity index (χ1n) is 10.1. The highest BCUT2D eigenvalue weighted by Gasteiger charge is 2.22. The van der Waals surface area contributed by atoms with Crippen molar-refractivity contribution < 1.29 is 14.3 Å². The van der Waals surface area contributed by atoms with E-state index in [0.29, 0.717) is 12.5 Å². The Bertz CT molecular complexity index is 858. The number of fused-ring (bicyclic) bond motifs is 1. The first-order chi connectivity index (χ1) is 14.1. The van der Waals surface area contributed by atoms with Crippen molar-refractivity contribution in [3.8, 4) is 11.5 Å². The zero-order valence-corrected chi connectivity index (χ0v) is 18.0. The Morgan fingerprint density at radius 3 is 2.41 bits per heavy atom. The van der Waals surface area contributed by atoms with Gasteiger partial charge in [-0.25, -0.2) is 0 Å². The molecule has 154 valence electrons. The number of ether oxygens (including phenoxy) is 2. The normalized spacial score (nSPS) is 16.3. The summed E-state index contributed by atoms with van der Waals surface area (Å²) < 4.78 is 10.8. The van der Waals surface area contributed by atoms with Gasteiger partial charge in [-0.05, 0) is 37.1 Å². The van der Waals surface area contributed by atoms with E-state index in [2.05, 4.69) is 49.1 Å². The van der Waals surface area contributed by atoms with Crippen molar-refractivity contribution in [2.75, 3.05) is 38.7 Å². The molecule has 0 atom stereocenters. The van der Waals surface area contributed by atoms with Gasteiger partial charge in [0.05, 0.1) is 5.75 Å². The van der Waals surface area contributed by atoms with Crippen LogP contribution in [0.15, 0.2) is 36.4 Å². The molecule has 6 heteroatoms. The summed E-state index contributed by atoms with van der Waals surface area (Å²) in [5.41, 5.74) is 5.09. The third-order valence-corrected chi connectivity index (χ3v) is 6.33. The molecule has 0 aliphatic carbocycles. The number of rotatable bonds is 6. The molecule has 4 rings (SSSR count). The summed E-state index contributed by atoms with van der Waals surface area (Å²) in [6.45, 7) is 8.83. The van der Waals surface area contributed by atoms with Crippen molar-refractivity contribution in [2.24, 2.45) is 0 Å². The molecule has 0 unspecified atom stereocenters. The minimum Gasteiger partial charge on any atom is -0.454 e. The van der Waals surface area contributed by atoms with E-state index >= 15 is 0 Å². The number of aryl methyl sites for hydroxylation is 2. The molecule has 2 aliphatic rings. The second kappa shape index (κ2) is 9.09. The molecule has 2 aromatic carbocycles. The molecule has 1 saturated heterocycles. The lowest BCUT2D eigenvalue weighted by Gasteiger charge is -2.34. The van der Waals surface area contributed by atoms with Crippen molar-refractivity contribution >= 4 is 17.7 Å². The summed E-state index contributed by atoms with van der Waals surface area (Å²) >= 11 is 1.71. The smallest absolute Gasteiger partial charge is 0.232 e. The molecular weight excluding hydrogens is 384 g/mol. The van der Waals surface area contributed by atoms with Crippen LogP contribution in [0.5, 0.6) is 11.5 Å². The number of carbonyl (C=O) groups is 1. The lowest BCUT2D eigenvalue weighted by molar-refractivity contribution is -0.130. The quantitative estimate of drug-likeness (QED) is 0.725. The summed E-state index contributed by atoms with van der Waals surface area (Å²) in [6, 6.07) is 12.7. The van der Waals surface area contributed by atoms with Gasteiger partial charge in [0.15, 0.2) is 11.5 Å². The largest absolute Gasteiger partial charge is 0.454 e. The maximum atomic E-state index is 12.6. The second-order valence-electron chi connectivity index (χ2n) is 7.83. The van der Waals surface area contributed by atoms with Crippen LogP contribution in [-0.2, 0) is 17.1 Å². The van der Waals surface area contributed by atoms with Crippen molar-refractivity contribution in [1.82, 2.24) is 9.80 Å². The minimum atomic E-state index is 0.252. The Morgan fingerprint density at radius 2 is 1.66 bits per heavy atom. The molecule has 0 aromatic heterocycles. The maximum Gasteiger partial charge on any atom is 0.232 e. The summed E-state index contributed by atoms with van der Waals surface area (Å²) in [4.78, 5) is 17.0. The number of hydrogen-bond acceptors (Lipinski definition) is 5. The molecule has 0 bridgehead atoms. The van der Waals surface area contributed by atoms with E-state index in [9.17, 15) is 4.79 Å². The first-order valence-corrected chi connectivity index (χ1v) is 11.3. The first kappa shape index (κ1) is 20.1. The fourth-order valence-corrected chi connectivity index (χ4v) is 4.81. The zero-order chi connectivity index (χ0) is 20.2. The lowest BCUT2D eigenvalue weighted by atomic mass is 10.1. The minimum absolute atomic E-state index is 0.252. The SMILES string of the molecule is Cc1cc(C)cc(CSCC(=O)N2CCN(Cc3ccc4c(c3)OCO4)CC2)c1. The maximum absolute atomic E-state index is 12.6. The summed E-state index contributed by atoms with van der Waals surface area (Å²) in [7, 11) is 0. The van der Waals surface area contributed by atoms with Gasteiger partial charge in [0, 0.05) is 38.5 Å². The van der Waals surface area contributed by atoms with Crippen LogP contribution in [0.2, 0.25) is 0 Å². The highest BCUT2D eigenvalue weighted by Crippen LogP contribution is 2.32. The number of amides is 1. The average Bonchev–Trinajstić information content (AvgIpc) is 3.15. The monoisotopic (exact) mass is 412 g/mol. The van der Waals surface area contributed by atoms with Crippen LogP contribution >= 0.6 is 11.8 Å². The Balaban J connectivity index is 1.20. The molecule has 2 aromatic rings. The molecule has 1 fully saturated rings. The van der Waals surface area contributed by atoms with Crippen LogP contribution in [0.1, 0.15) is 22.3 Å². The summed E-state index contributed by atoms with van der Waals surface area (Å²) in [6.07, 6.45) is 0. The van der Waals surface area contributed by atoms with Gasteiger partial charge in [-0.3, -0.25) is 9.69 Å². The van der Waals surface area contributed by atoms with E-state index in [1.54, 1.807) is 11.8 Å². The van der Waals surface area contributed by atoms with E-state index in [0.717, 1.165) is 50.0 Å². The predicted molar refractivity (Wildman–Crippen MR) is 117 cm³/mol. The van der Waals surface area contributed by atoms with Crippen LogP contribution in [0.4, 0.5) is 0 Å². The molecule has 29 heavy (non-hydrogen) atoms. The molecule has 0 saturated carbocycles. The van der Waals surface area contributed by atoms with Gasteiger partial charge in [0.25, 0.3) is 0 Å². The van der Waals surface area contributed by atoms with Crippen molar-refractivity contribution in [1.29, 1.82) is 0 Å². The third kappa shape index (κ3) is 5.25. The summed E-state index contributed by atoms with van der Waals surface area (Å²) in [5, 5.41) is 0. The van der Waals surface area contributed by atoms with Crippen LogP contribution < -0.4 is 9.47 Å². The molecule has 2 heterocycles. The van der Waals surface area contributed by atoms with Gasteiger partial charge in [-0.2, -0.15) is 0 Å². The number of thioether (sulfide) groups is 1. The number of hydrogen-bond donors (Lipinski definition) is 0. The van der Waals surface area contributed by atoms with E-state index in [1.165, 1.54) is 22.3 Å². The van der Waals surface area contributed by atoms with Gasteiger partial charge in [-0.1, -0.05) is 35.4 Å². The molecule has 5 nitrogen and oxygen atoms in total. The Labute approximate surface area is 177 Å². The molecule has 0 spiro atoms. The van der Waals surface area contributed by atoms with Gasteiger partial charge in [0.2, 0.25) is 12.7 Å². The van der Waals surface area contributed by atoms with E-state index < -0.39 is 0 Å². The van der Waals surface area contributed by atoms with Gasteiger partial charge in [0.1, 0.15) is 0 Å². The number of piperazine rings is 1. The second-order valence-corrected chi connectivity index (χ2v) is 8.82. The van der Waals surface area contributed by atoms with Gasteiger partial charge < -0.3 is 14.4 Å². The van der Waals surface area contributed by atoms with Crippen molar-refractivity contribution in [3.05, 3.63) is 58.7 Å². The highest BCUT2D eigenvalue weighted by atomic mass is 32.2. The van der Waals surface area contributed by atoms with Crippen molar-refractivity contribution in [3.63, 3.8) is 0 Å². The van der Waals surface area contributed by atoms with E-state index in [1.807, 2.05) is 11.0 Å². The highest BCUT2D eigenvalue weighted by molar-refractivity contribution is 7.99.